The largest absolute Gasteiger partial charge is 0.336 e. The van der Waals surface area contributed by atoms with Crippen LogP contribution < -0.4 is 5.32 Å². The average molecular weight is 442 g/mol. The first-order valence-electron chi connectivity index (χ1n) is 9.00. The standard InChI is InChI=1S/C20H19Cl2F2N3O2/c1-12(19(28)25-14-3-5-18(24)16(22)11-14)26-6-8-27(9-7-26)20(29)15-10-13(21)2-4-17(15)23/h2-5,10-12H,6-9H2,1H3,(H,25,28). The van der Waals surface area contributed by atoms with Crippen LogP contribution in [-0.4, -0.2) is 53.8 Å². The first-order valence-corrected chi connectivity index (χ1v) is 9.76. The Morgan fingerprint density at radius 2 is 1.66 bits per heavy atom. The van der Waals surface area contributed by atoms with Crippen molar-refractivity contribution in [2.45, 2.75) is 13.0 Å². The summed E-state index contributed by atoms with van der Waals surface area (Å²) in [5.41, 5.74) is 0.337. The Labute approximate surface area is 177 Å². The van der Waals surface area contributed by atoms with Gasteiger partial charge in [0.2, 0.25) is 5.91 Å². The number of nitrogens with one attached hydrogen (secondary N) is 1. The van der Waals surface area contributed by atoms with Gasteiger partial charge in [-0.3, -0.25) is 14.5 Å². The molecule has 0 aliphatic carbocycles. The molecule has 29 heavy (non-hydrogen) atoms. The molecule has 3 rings (SSSR count). The van der Waals surface area contributed by atoms with Gasteiger partial charge in [0, 0.05) is 36.9 Å². The molecule has 0 radical (unpaired) electrons. The fraction of sp³-hybridized carbons (Fsp3) is 0.300. The van der Waals surface area contributed by atoms with Crippen molar-refractivity contribution in [3.05, 3.63) is 63.6 Å². The zero-order valence-corrected chi connectivity index (χ0v) is 17.1. The molecule has 2 amide bonds. The molecule has 1 fully saturated rings. The number of piperazine rings is 1. The number of anilines is 1. The molecule has 1 unspecified atom stereocenters. The van der Waals surface area contributed by atoms with Crippen molar-refractivity contribution in [2.24, 2.45) is 0 Å². The summed E-state index contributed by atoms with van der Waals surface area (Å²) in [6, 6.07) is 7.36. The summed E-state index contributed by atoms with van der Waals surface area (Å²) < 4.78 is 27.2. The van der Waals surface area contributed by atoms with E-state index in [1.807, 2.05) is 4.90 Å². The van der Waals surface area contributed by atoms with Crippen molar-refractivity contribution in [1.29, 1.82) is 0 Å². The minimum Gasteiger partial charge on any atom is -0.336 e. The highest BCUT2D eigenvalue weighted by atomic mass is 35.5. The van der Waals surface area contributed by atoms with E-state index in [0.717, 1.165) is 0 Å². The van der Waals surface area contributed by atoms with Gasteiger partial charge in [0.15, 0.2) is 0 Å². The van der Waals surface area contributed by atoms with Crippen LogP contribution in [0.15, 0.2) is 36.4 Å². The highest BCUT2D eigenvalue weighted by Gasteiger charge is 2.29. The van der Waals surface area contributed by atoms with Gasteiger partial charge in [0.05, 0.1) is 16.6 Å². The van der Waals surface area contributed by atoms with Gasteiger partial charge in [0.1, 0.15) is 11.6 Å². The smallest absolute Gasteiger partial charge is 0.256 e. The third-order valence-corrected chi connectivity index (χ3v) is 5.40. The molecule has 1 aliphatic heterocycles. The van der Waals surface area contributed by atoms with Crippen molar-refractivity contribution in [3.8, 4) is 0 Å². The zero-order valence-electron chi connectivity index (χ0n) is 15.6. The van der Waals surface area contributed by atoms with Crippen LogP contribution in [0.3, 0.4) is 0 Å². The van der Waals surface area contributed by atoms with Gasteiger partial charge in [-0.2, -0.15) is 0 Å². The Hall–Kier alpha value is -2.22. The molecule has 5 nitrogen and oxygen atoms in total. The average Bonchev–Trinajstić information content (AvgIpc) is 2.71. The lowest BCUT2D eigenvalue weighted by Gasteiger charge is -2.37. The van der Waals surface area contributed by atoms with Gasteiger partial charge in [-0.05, 0) is 43.3 Å². The molecule has 0 bridgehead atoms. The topological polar surface area (TPSA) is 52.7 Å². The predicted octanol–water partition coefficient (Wildman–Crippen LogP) is 4.06. The van der Waals surface area contributed by atoms with Crippen molar-refractivity contribution in [1.82, 2.24) is 9.80 Å². The van der Waals surface area contributed by atoms with Crippen molar-refractivity contribution >= 4 is 40.7 Å². The monoisotopic (exact) mass is 441 g/mol. The summed E-state index contributed by atoms with van der Waals surface area (Å²) in [5, 5.41) is 2.92. The van der Waals surface area contributed by atoms with Crippen LogP contribution in [0.2, 0.25) is 10.0 Å². The van der Waals surface area contributed by atoms with Gasteiger partial charge in [0.25, 0.3) is 5.91 Å². The van der Waals surface area contributed by atoms with Crippen LogP contribution in [0.1, 0.15) is 17.3 Å². The molecule has 154 valence electrons. The molecular formula is C20H19Cl2F2N3O2. The quantitative estimate of drug-likeness (QED) is 0.778. The maximum absolute atomic E-state index is 13.9. The second-order valence-corrected chi connectivity index (χ2v) is 7.59. The van der Waals surface area contributed by atoms with Crippen LogP contribution in [0.5, 0.6) is 0 Å². The van der Waals surface area contributed by atoms with Gasteiger partial charge < -0.3 is 10.2 Å². The number of hydrogen-bond acceptors (Lipinski definition) is 3. The first-order chi connectivity index (χ1) is 13.8. The van der Waals surface area contributed by atoms with Crippen molar-refractivity contribution < 1.29 is 18.4 Å². The normalized spacial score (nSPS) is 15.8. The maximum atomic E-state index is 13.9. The molecule has 0 spiro atoms. The molecule has 1 aliphatic rings. The number of carbonyl (C=O) groups is 2. The second kappa shape index (κ2) is 9.07. The molecule has 1 saturated heterocycles. The van der Waals surface area contributed by atoms with E-state index in [4.69, 9.17) is 23.2 Å². The minimum absolute atomic E-state index is 0.0649. The number of hydrogen-bond donors (Lipinski definition) is 1. The summed E-state index contributed by atoms with van der Waals surface area (Å²) >= 11 is 11.6. The Kier molecular flexibility index (Phi) is 6.72. The third kappa shape index (κ3) is 5.04. The molecule has 2 aromatic rings. The molecule has 9 heteroatoms. The summed E-state index contributed by atoms with van der Waals surface area (Å²) in [6.45, 7) is 3.35. The van der Waals surface area contributed by atoms with E-state index in [1.54, 1.807) is 6.92 Å². The fourth-order valence-electron chi connectivity index (χ4n) is 3.13. The lowest BCUT2D eigenvalue weighted by molar-refractivity contribution is -0.121. The van der Waals surface area contributed by atoms with Gasteiger partial charge in [-0.25, -0.2) is 8.78 Å². The summed E-state index contributed by atoms with van der Waals surface area (Å²) in [6.07, 6.45) is 0. The van der Waals surface area contributed by atoms with Crippen LogP contribution in [-0.2, 0) is 4.79 Å². The van der Waals surface area contributed by atoms with Gasteiger partial charge in [-0.15, -0.1) is 0 Å². The number of nitrogens with zero attached hydrogens (tertiary/aromatic N) is 2. The van der Waals surface area contributed by atoms with Crippen molar-refractivity contribution in [3.63, 3.8) is 0 Å². The third-order valence-electron chi connectivity index (χ3n) is 4.87. The summed E-state index contributed by atoms with van der Waals surface area (Å²) in [5.74, 6) is -1.88. The maximum Gasteiger partial charge on any atom is 0.256 e. The molecule has 1 atom stereocenters. The van der Waals surface area contributed by atoms with Crippen molar-refractivity contribution in [2.75, 3.05) is 31.5 Å². The fourth-order valence-corrected chi connectivity index (χ4v) is 3.48. The van der Waals surface area contributed by atoms with E-state index in [9.17, 15) is 18.4 Å². The molecule has 1 heterocycles. The number of halogens is 4. The Balaban J connectivity index is 1.58. The molecule has 0 aromatic heterocycles. The molecular weight excluding hydrogens is 423 g/mol. The molecule has 2 aromatic carbocycles. The molecule has 1 N–H and O–H groups in total. The predicted molar refractivity (Wildman–Crippen MR) is 108 cm³/mol. The highest BCUT2D eigenvalue weighted by molar-refractivity contribution is 6.31. The number of benzene rings is 2. The summed E-state index contributed by atoms with van der Waals surface area (Å²) in [4.78, 5) is 28.5. The Morgan fingerprint density at radius 1 is 1.00 bits per heavy atom. The van der Waals surface area contributed by atoms with Crippen LogP contribution in [0, 0.1) is 11.6 Å². The van der Waals surface area contributed by atoms with E-state index >= 15 is 0 Å². The van der Waals surface area contributed by atoms with E-state index < -0.39 is 23.6 Å². The first kappa shape index (κ1) is 21.5. The minimum atomic E-state index is -0.618. The Bertz CT molecular complexity index is 934. The summed E-state index contributed by atoms with van der Waals surface area (Å²) in [7, 11) is 0. The second-order valence-electron chi connectivity index (χ2n) is 6.75. The van der Waals surface area contributed by atoms with E-state index in [1.165, 1.54) is 41.3 Å². The lowest BCUT2D eigenvalue weighted by Crippen LogP contribution is -2.54. The van der Waals surface area contributed by atoms with Gasteiger partial charge in [-0.1, -0.05) is 23.2 Å². The van der Waals surface area contributed by atoms with Crippen LogP contribution in [0.4, 0.5) is 14.5 Å². The van der Waals surface area contributed by atoms with E-state index in [-0.39, 0.29) is 16.5 Å². The SMILES string of the molecule is CC(C(=O)Nc1ccc(F)c(Cl)c1)N1CCN(C(=O)c2cc(Cl)ccc2F)CC1. The van der Waals surface area contributed by atoms with Gasteiger partial charge >= 0.3 is 0 Å². The number of amides is 2. The number of carbonyl (C=O) groups excluding carboxylic acids is 2. The Morgan fingerprint density at radius 3 is 2.31 bits per heavy atom. The molecule has 0 saturated carbocycles. The van der Waals surface area contributed by atoms with Crippen LogP contribution >= 0.6 is 23.2 Å². The zero-order chi connectivity index (χ0) is 21.1. The van der Waals surface area contributed by atoms with Crippen LogP contribution in [0.25, 0.3) is 0 Å². The number of rotatable bonds is 4. The lowest BCUT2D eigenvalue weighted by atomic mass is 10.1. The van der Waals surface area contributed by atoms with E-state index in [2.05, 4.69) is 5.32 Å². The highest BCUT2D eigenvalue weighted by Crippen LogP contribution is 2.21. The van der Waals surface area contributed by atoms with E-state index in [0.29, 0.717) is 36.9 Å².